The molecule has 1 saturated heterocycles. The number of aliphatic hydroxyl groups is 1. The summed E-state index contributed by atoms with van der Waals surface area (Å²) in [6.07, 6.45) is 8.13. The quantitative estimate of drug-likeness (QED) is 0.759. The first-order valence-corrected chi connectivity index (χ1v) is 7.08. The Bertz CT molecular complexity index is 361. The molecular weight excluding hydrogens is 230 g/mol. The Morgan fingerprint density at radius 2 is 1.50 bits per heavy atom. The number of amides is 2. The van der Waals surface area contributed by atoms with Crippen molar-refractivity contribution in [2.45, 2.75) is 63.3 Å². The van der Waals surface area contributed by atoms with Gasteiger partial charge >= 0.3 is 0 Å². The Kier molecular flexibility index (Phi) is 2.73. The van der Waals surface area contributed by atoms with Gasteiger partial charge in [0, 0.05) is 12.8 Å². The van der Waals surface area contributed by atoms with Gasteiger partial charge in [-0.1, -0.05) is 19.3 Å². The lowest BCUT2D eigenvalue weighted by Crippen LogP contribution is -2.55. The summed E-state index contributed by atoms with van der Waals surface area (Å²) in [7, 11) is 0. The molecule has 0 aromatic heterocycles. The Balaban J connectivity index is 1.79. The van der Waals surface area contributed by atoms with Crippen LogP contribution < -0.4 is 0 Å². The van der Waals surface area contributed by atoms with Crippen LogP contribution in [0.4, 0.5) is 0 Å². The van der Waals surface area contributed by atoms with Crippen LogP contribution in [0, 0.1) is 5.41 Å². The molecule has 100 valence electrons. The van der Waals surface area contributed by atoms with E-state index in [2.05, 4.69) is 0 Å². The molecule has 3 aliphatic rings. The monoisotopic (exact) mass is 251 g/mol. The molecular formula is C14H21NO3. The number of carbonyl (C=O) groups is 2. The van der Waals surface area contributed by atoms with Crippen LogP contribution in [0.15, 0.2) is 0 Å². The zero-order chi connectivity index (χ0) is 12.8. The van der Waals surface area contributed by atoms with Crippen molar-refractivity contribution >= 4 is 11.8 Å². The van der Waals surface area contributed by atoms with Gasteiger partial charge in [0.25, 0.3) is 0 Å². The Hall–Kier alpha value is -0.900. The van der Waals surface area contributed by atoms with Gasteiger partial charge in [-0.3, -0.25) is 14.5 Å². The molecule has 0 atom stereocenters. The topological polar surface area (TPSA) is 57.6 Å². The van der Waals surface area contributed by atoms with Gasteiger partial charge < -0.3 is 5.11 Å². The Labute approximate surface area is 107 Å². The first-order chi connectivity index (χ1) is 8.61. The minimum atomic E-state index is -0.523. The first-order valence-electron chi connectivity index (χ1n) is 7.08. The maximum Gasteiger partial charge on any atom is 0.230 e. The fraction of sp³-hybridized carbons (Fsp3) is 0.857. The molecule has 3 fully saturated rings. The van der Waals surface area contributed by atoms with Crippen LogP contribution in [-0.4, -0.2) is 34.0 Å². The molecule has 1 heterocycles. The minimum Gasteiger partial charge on any atom is -0.394 e. The van der Waals surface area contributed by atoms with Crippen molar-refractivity contribution in [2.75, 3.05) is 6.61 Å². The molecule has 1 N–H and O–H groups in total. The van der Waals surface area contributed by atoms with Gasteiger partial charge in [-0.05, 0) is 31.1 Å². The average Bonchev–Trinajstić information content (AvgIpc) is 3.10. The predicted octanol–water partition coefficient (Wildman–Crippen LogP) is 1.61. The highest BCUT2D eigenvalue weighted by Crippen LogP contribution is 2.50. The molecule has 2 aliphatic carbocycles. The lowest BCUT2D eigenvalue weighted by molar-refractivity contribution is -0.160. The number of imide groups is 1. The Morgan fingerprint density at radius 3 is 1.94 bits per heavy atom. The van der Waals surface area contributed by atoms with Crippen LogP contribution >= 0.6 is 0 Å². The summed E-state index contributed by atoms with van der Waals surface area (Å²) >= 11 is 0. The van der Waals surface area contributed by atoms with Gasteiger partial charge in [0.05, 0.1) is 12.1 Å². The molecule has 4 heteroatoms. The number of carbonyl (C=O) groups excluding carboxylic acids is 2. The third-order valence-corrected chi connectivity index (χ3v) is 5.06. The molecule has 2 saturated carbocycles. The summed E-state index contributed by atoms with van der Waals surface area (Å²) in [6, 6.07) is 0. The van der Waals surface area contributed by atoms with E-state index in [1.54, 1.807) is 0 Å². The zero-order valence-corrected chi connectivity index (χ0v) is 10.8. The van der Waals surface area contributed by atoms with E-state index in [0.29, 0.717) is 12.8 Å². The number of hydrogen-bond acceptors (Lipinski definition) is 3. The van der Waals surface area contributed by atoms with Crippen molar-refractivity contribution in [1.29, 1.82) is 0 Å². The smallest absolute Gasteiger partial charge is 0.230 e. The van der Waals surface area contributed by atoms with E-state index in [9.17, 15) is 14.7 Å². The second kappa shape index (κ2) is 4.05. The van der Waals surface area contributed by atoms with E-state index in [1.165, 1.54) is 11.3 Å². The van der Waals surface area contributed by atoms with Gasteiger partial charge in [0.1, 0.15) is 0 Å². The number of piperidine rings is 1. The van der Waals surface area contributed by atoms with Gasteiger partial charge in [0.2, 0.25) is 11.8 Å². The van der Waals surface area contributed by atoms with E-state index in [1.807, 2.05) is 0 Å². The van der Waals surface area contributed by atoms with Crippen LogP contribution in [-0.2, 0) is 9.59 Å². The van der Waals surface area contributed by atoms with Gasteiger partial charge in [0.15, 0.2) is 0 Å². The van der Waals surface area contributed by atoms with Gasteiger partial charge in [-0.15, -0.1) is 0 Å². The molecule has 18 heavy (non-hydrogen) atoms. The van der Waals surface area contributed by atoms with Crippen molar-refractivity contribution in [2.24, 2.45) is 5.41 Å². The highest BCUT2D eigenvalue weighted by molar-refractivity contribution is 6.00. The normalized spacial score (nSPS) is 29.7. The molecule has 1 spiro atoms. The number of aliphatic hydroxyl groups excluding tert-OH is 1. The summed E-state index contributed by atoms with van der Waals surface area (Å²) < 4.78 is 0. The summed E-state index contributed by atoms with van der Waals surface area (Å²) in [5.41, 5.74) is -0.571. The van der Waals surface area contributed by atoms with E-state index in [4.69, 9.17) is 0 Å². The minimum absolute atomic E-state index is 0.0419. The molecule has 4 nitrogen and oxygen atoms in total. The van der Waals surface area contributed by atoms with E-state index in [0.717, 1.165) is 38.5 Å². The van der Waals surface area contributed by atoms with E-state index in [-0.39, 0.29) is 23.8 Å². The molecule has 1 aliphatic heterocycles. The van der Waals surface area contributed by atoms with Crippen LogP contribution in [0.1, 0.15) is 57.8 Å². The fourth-order valence-electron chi connectivity index (χ4n) is 3.78. The maximum atomic E-state index is 12.3. The van der Waals surface area contributed by atoms with Gasteiger partial charge in [-0.25, -0.2) is 0 Å². The second-order valence-electron chi connectivity index (χ2n) is 6.42. The number of rotatable bonds is 2. The Morgan fingerprint density at radius 1 is 0.944 bits per heavy atom. The molecule has 0 bridgehead atoms. The van der Waals surface area contributed by atoms with Crippen molar-refractivity contribution in [3.63, 3.8) is 0 Å². The van der Waals surface area contributed by atoms with Crippen LogP contribution in [0.25, 0.3) is 0 Å². The number of likely N-dealkylation sites (tertiary alicyclic amines) is 1. The summed E-state index contributed by atoms with van der Waals surface area (Å²) in [4.78, 5) is 26.0. The molecule has 0 radical (unpaired) electrons. The predicted molar refractivity (Wildman–Crippen MR) is 65.7 cm³/mol. The van der Waals surface area contributed by atoms with Crippen molar-refractivity contribution in [3.05, 3.63) is 0 Å². The summed E-state index contributed by atoms with van der Waals surface area (Å²) in [5, 5.41) is 9.40. The van der Waals surface area contributed by atoms with E-state index >= 15 is 0 Å². The molecule has 2 amide bonds. The van der Waals surface area contributed by atoms with Crippen molar-refractivity contribution in [3.8, 4) is 0 Å². The SMILES string of the molecule is O=C1CC2(CCCCC2)CC(=O)N1C1(CO)CC1. The number of nitrogens with zero attached hydrogens (tertiary/aromatic N) is 1. The van der Waals surface area contributed by atoms with Gasteiger partial charge in [-0.2, -0.15) is 0 Å². The third-order valence-electron chi connectivity index (χ3n) is 5.06. The first kappa shape index (κ1) is 12.2. The highest BCUT2D eigenvalue weighted by atomic mass is 16.3. The highest BCUT2D eigenvalue weighted by Gasteiger charge is 2.56. The van der Waals surface area contributed by atoms with Crippen LogP contribution in [0.3, 0.4) is 0 Å². The summed E-state index contributed by atoms with van der Waals surface area (Å²) in [5.74, 6) is -0.0839. The van der Waals surface area contributed by atoms with Crippen molar-refractivity contribution in [1.82, 2.24) is 4.90 Å². The van der Waals surface area contributed by atoms with E-state index < -0.39 is 5.54 Å². The number of hydrogen-bond donors (Lipinski definition) is 1. The third kappa shape index (κ3) is 1.78. The molecule has 0 aromatic rings. The lowest BCUT2D eigenvalue weighted by atomic mass is 9.67. The second-order valence-corrected chi connectivity index (χ2v) is 6.42. The van der Waals surface area contributed by atoms with Crippen LogP contribution in [0.2, 0.25) is 0 Å². The molecule has 3 rings (SSSR count). The lowest BCUT2D eigenvalue weighted by Gasteiger charge is -2.44. The van der Waals surface area contributed by atoms with Crippen molar-refractivity contribution < 1.29 is 14.7 Å². The largest absolute Gasteiger partial charge is 0.394 e. The molecule has 0 unspecified atom stereocenters. The average molecular weight is 251 g/mol. The summed E-state index contributed by atoms with van der Waals surface area (Å²) in [6.45, 7) is -0.0719. The standard InChI is InChI=1S/C14H21NO3/c16-10-14(6-7-14)15-11(17)8-13(9-12(15)18)4-2-1-3-5-13/h16H,1-10H2. The zero-order valence-electron chi connectivity index (χ0n) is 10.8. The molecule has 0 aromatic carbocycles. The maximum absolute atomic E-state index is 12.3. The fourth-order valence-corrected chi connectivity index (χ4v) is 3.78. The van der Waals surface area contributed by atoms with Crippen LogP contribution in [0.5, 0.6) is 0 Å².